The van der Waals surface area contributed by atoms with Gasteiger partial charge in [-0.25, -0.2) is 18.5 Å². The summed E-state index contributed by atoms with van der Waals surface area (Å²) in [6.07, 6.45) is 1.59. The van der Waals surface area contributed by atoms with Gasteiger partial charge >= 0.3 is 0 Å². The molecule has 2 aromatic carbocycles. The quantitative estimate of drug-likeness (QED) is 0.349. The maximum Gasteiger partial charge on any atom is 0.277 e. The number of nitrogens with two attached hydrogens (primary N) is 1. The first kappa shape index (κ1) is 31.5. The van der Waals surface area contributed by atoms with Crippen molar-refractivity contribution in [1.29, 1.82) is 0 Å². The van der Waals surface area contributed by atoms with Gasteiger partial charge in [-0.05, 0) is 74.7 Å². The third kappa shape index (κ3) is 7.38. The standard InChI is InChI=1S/C28H35FN4O5S2/c1-7-33(40(30,37)38)16-19-8-13-22(27(35)20-9-11-21(29)12-10-20)24(14-19)25-17-32(6)26(34)15-23(25)18(2)31-39(36)28(3,4)5/h8-15,17-18,31H,7,16H2,1-6H3,(H2,30,37,38)/t18-,39-/m0/s1. The third-order valence-corrected chi connectivity index (χ3v) is 9.15. The van der Waals surface area contributed by atoms with Crippen LogP contribution in [0.5, 0.6) is 0 Å². The molecule has 0 aliphatic carbocycles. The predicted octanol–water partition coefficient (Wildman–Crippen LogP) is 3.56. The SMILES string of the molecule is CCN(Cc1ccc(C(=O)c2ccc(F)cc2)c(-c2cn(C)c(=O)cc2[C@H](C)N[S@@](=O)C(C)(C)C)c1)S(N)(=O)=O. The monoisotopic (exact) mass is 590 g/mol. The second-order valence-electron chi connectivity index (χ2n) is 10.5. The number of hydrogen-bond donors (Lipinski definition) is 2. The fourth-order valence-electron chi connectivity index (χ4n) is 4.08. The van der Waals surface area contributed by atoms with E-state index in [0.29, 0.717) is 22.3 Å². The minimum absolute atomic E-state index is 0.0453. The zero-order valence-electron chi connectivity index (χ0n) is 23.4. The fraction of sp³-hybridized carbons (Fsp3) is 0.357. The van der Waals surface area contributed by atoms with Crippen LogP contribution in [0.15, 0.2) is 59.5 Å². The minimum atomic E-state index is -3.98. The van der Waals surface area contributed by atoms with Crippen LogP contribution in [0.25, 0.3) is 11.1 Å². The first-order valence-corrected chi connectivity index (χ1v) is 15.3. The Kier molecular flexibility index (Phi) is 9.63. The van der Waals surface area contributed by atoms with Gasteiger partial charge in [-0.2, -0.15) is 12.7 Å². The van der Waals surface area contributed by atoms with Gasteiger partial charge in [0.05, 0.1) is 15.7 Å². The number of hydrogen-bond acceptors (Lipinski definition) is 5. The average molecular weight is 591 g/mol. The summed E-state index contributed by atoms with van der Waals surface area (Å²) in [6, 6.07) is 10.9. The van der Waals surface area contributed by atoms with E-state index in [1.54, 1.807) is 45.3 Å². The molecule has 3 aromatic rings. The number of carbonyl (C=O) groups excluding carboxylic acids is 1. The van der Waals surface area contributed by atoms with Crippen molar-refractivity contribution >= 4 is 27.0 Å². The maximum atomic E-state index is 13.7. The van der Waals surface area contributed by atoms with Crippen LogP contribution in [0.3, 0.4) is 0 Å². The molecular weight excluding hydrogens is 555 g/mol. The van der Waals surface area contributed by atoms with Crippen molar-refractivity contribution in [3.05, 3.63) is 93.2 Å². The van der Waals surface area contributed by atoms with Gasteiger partial charge in [-0.3, -0.25) is 9.59 Å². The number of benzene rings is 2. The summed E-state index contributed by atoms with van der Waals surface area (Å²) in [5.41, 5.74) is 2.21. The number of nitrogens with one attached hydrogen (secondary N) is 1. The molecule has 0 unspecified atom stereocenters. The summed E-state index contributed by atoms with van der Waals surface area (Å²) >= 11 is 0. The van der Waals surface area contributed by atoms with E-state index in [2.05, 4.69) is 4.72 Å². The molecule has 2 atom stereocenters. The van der Waals surface area contributed by atoms with Crippen molar-refractivity contribution in [2.75, 3.05) is 6.54 Å². The number of aryl methyl sites for hydroxylation is 1. The van der Waals surface area contributed by atoms with Crippen molar-refractivity contribution in [2.45, 2.75) is 52.0 Å². The Balaban J connectivity index is 2.27. The van der Waals surface area contributed by atoms with Crippen LogP contribution in [0.2, 0.25) is 0 Å². The van der Waals surface area contributed by atoms with Crippen LogP contribution in [-0.4, -0.2) is 38.6 Å². The molecule has 0 aliphatic rings. The summed E-state index contributed by atoms with van der Waals surface area (Å²) in [5, 5.41) is 5.37. The number of halogens is 1. The molecule has 216 valence electrons. The minimum Gasteiger partial charge on any atom is -0.318 e. The zero-order chi connectivity index (χ0) is 30.0. The highest BCUT2D eigenvalue weighted by molar-refractivity contribution is 7.86. The van der Waals surface area contributed by atoms with Gasteiger partial charge in [0, 0.05) is 55.1 Å². The van der Waals surface area contributed by atoms with Gasteiger partial charge < -0.3 is 4.57 Å². The van der Waals surface area contributed by atoms with E-state index in [4.69, 9.17) is 5.14 Å². The lowest BCUT2D eigenvalue weighted by Crippen LogP contribution is -2.36. The van der Waals surface area contributed by atoms with E-state index in [0.717, 1.165) is 4.31 Å². The van der Waals surface area contributed by atoms with Gasteiger partial charge in [-0.1, -0.05) is 19.1 Å². The highest BCUT2D eigenvalue weighted by Gasteiger charge is 2.26. The lowest BCUT2D eigenvalue weighted by molar-refractivity contribution is 0.103. The number of ketones is 1. The van der Waals surface area contributed by atoms with E-state index in [1.807, 2.05) is 20.8 Å². The van der Waals surface area contributed by atoms with E-state index in [9.17, 15) is 26.6 Å². The fourth-order valence-corrected chi connectivity index (χ4v) is 5.57. The molecule has 40 heavy (non-hydrogen) atoms. The van der Waals surface area contributed by atoms with Crippen molar-refractivity contribution in [1.82, 2.24) is 13.6 Å². The molecule has 0 spiro atoms. The van der Waals surface area contributed by atoms with Gasteiger partial charge in [0.15, 0.2) is 5.78 Å². The molecule has 0 radical (unpaired) electrons. The van der Waals surface area contributed by atoms with Crippen LogP contribution >= 0.6 is 0 Å². The largest absolute Gasteiger partial charge is 0.318 e. The van der Waals surface area contributed by atoms with Crippen LogP contribution in [0.1, 0.15) is 67.7 Å². The Bertz CT molecular complexity index is 1600. The van der Waals surface area contributed by atoms with Crippen molar-refractivity contribution in [2.24, 2.45) is 12.2 Å². The van der Waals surface area contributed by atoms with Crippen LogP contribution < -0.4 is 15.4 Å². The molecule has 0 aliphatic heterocycles. The molecule has 0 bridgehead atoms. The Hall–Kier alpha value is -3.03. The second kappa shape index (κ2) is 12.2. The first-order chi connectivity index (χ1) is 18.5. The molecule has 1 aromatic heterocycles. The summed E-state index contributed by atoms with van der Waals surface area (Å²) in [7, 11) is -3.87. The number of pyridine rings is 1. The molecule has 1 heterocycles. The topological polar surface area (TPSA) is 132 Å². The van der Waals surface area contributed by atoms with E-state index in [-0.39, 0.29) is 35.6 Å². The Labute approximate surface area is 237 Å². The Morgan fingerprint density at radius 2 is 1.75 bits per heavy atom. The number of rotatable bonds is 10. The summed E-state index contributed by atoms with van der Waals surface area (Å²) in [6.45, 7) is 8.98. The normalized spacial score (nSPS) is 13.8. The van der Waals surface area contributed by atoms with E-state index < -0.39 is 37.8 Å². The lowest BCUT2D eigenvalue weighted by Gasteiger charge is -2.25. The summed E-state index contributed by atoms with van der Waals surface area (Å²) < 4.78 is 55.5. The number of carbonyl (C=O) groups is 1. The second-order valence-corrected chi connectivity index (χ2v) is 14.0. The van der Waals surface area contributed by atoms with Crippen molar-refractivity contribution in [3.63, 3.8) is 0 Å². The Morgan fingerprint density at radius 1 is 1.12 bits per heavy atom. The summed E-state index contributed by atoms with van der Waals surface area (Å²) in [4.78, 5) is 26.4. The molecule has 3 N–H and O–H groups in total. The van der Waals surface area contributed by atoms with Gasteiger partial charge in [0.25, 0.3) is 15.8 Å². The molecule has 0 fully saturated rings. The highest BCUT2D eigenvalue weighted by Crippen LogP contribution is 2.33. The molecule has 9 nitrogen and oxygen atoms in total. The van der Waals surface area contributed by atoms with Crippen LogP contribution in [-0.2, 0) is 34.8 Å². The Morgan fingerprint density at radius 3 is 2.30 bits per heavy atom. The molecule has 12 heteroatoms. The molecule has 3 rings (SSSR count). The highest BCUT2D eigenvalue weighted by atomic mass is 32.2. The number of aromatic nitrogens is 1. The van der Waals surface area contributed by atoms with E-state index in [1.165, 1.54) is 34.9 Å². The van der Waals surface area contributed by atoms with Crippen molar-refractivity contribution in [3.8, 4) is 11.1 Å². The number of nitrogens with zero attached hydrogens (tertiary/aromatic N) is 2. The summed E-state index contributed by atoms with van der Waals surface area (Å²) in [5.74, 6) is -0.874. The van der Waals surface area contributed by atoms with Crippen molar-refractivity contribution < 1.29 is 21.8 Å². The molecule has 0 amide bonds. The van der Waals surface area contributed by atoms with Gasteiger partial charge in [0.1, 0.15) is 5.82 Å². The lowest BCUT2D eigenvalue weighted by atomic mass is 9.89. The maximum absolute atomic E-state index is 13.7. The molecule has 0 saturated heterocycles. The van der Waals surface area contributed by atoms with Crippen LogP contribution in [0.4, 0.5) is 4.39 Å². The van der Waals surface area contributed by atoms with Crippen LogP contribution in [0, 0.1) is 5.82 Å². The molecule has 0 saturated carbocycles. The molecular formula is C28H35FN4O5S2. The predicted molar refractivity (Wildman–Crippen MR) is 156 cm³/mol. The smallest absolute Gasteiger partial charge is 0.277 e. The van der Waals surface area contributed by atoms with Gasteiger partial charge in [-0.15, -0.1) is 0 Å². The average Bonchev–Trinajstić information content (AvgIpc) is 2.87. The first-order valence-electron chi connectivity index (χ1n) is 12.6. The zero-order valence-corrected chi connectivity index (χ0v) is 25.0. The van der Waals surface area contributed by atoms with Gasteiger partial charge in [0.2, 0.25) is 0 Å². The third-order valence-electron chi connectivity index (χ3n) is 6.36. The van der Waals surface area contributed by atoms with E-state index >= 15 is 0 Å².